The van der Waals surface area contributed by atoms with Gasteiger partial charge in [0.05, 0.1) is 0 Å². The largest absolute Gasteiger partial charge is 0.423 e. The van der Waals surface area contributed by atoms with Crippen molar-refractivity contribution in [3.63, 3.8) is 0 Å². The highest BCUT2D eigenvalue weighted by molar-refractivity contribution is 7.97. The average Bonchev–Trinajstić information content (AvgIpc) is 2.37. The zero-order valence-corrected chi connectivity index (χ0v) is 10.7. The first-order valence-corrected chi connectivity index (χ1v) is 5.48. The molecule has 1 aromatic rings. The van der Waals surface area contributed by atoms with E-state index in [1.165, 1.54) is 18.2 Å². The number of benzene rings is 1. The molecule has 0 aliphatic rings. The van der Waals surface area contributed by atoms with Crippen LogP contribution in [0.2, 0.25) is 0 Å². The van der Waals surface area contributed by atoms with Gasteiger partial charge >= 0.3 is 11.9 Å². The van der Waals surface area contributed by atoms with E-state index in [0.29, 0.717) is 0 Å². The van der Waals surface area contributed by atoms with Gasteiger partial charge in [-0.1, -0.05) is 13.2 Å². The quantitative estimate of drug-likeness (QED) is 0.386. The normalized spacial score (nSPS) is 9.32. The van der Waals surface area contributed by atoms with Gasteiger partial charge in [0.2, 0.25) is 5.12 Å². The molecule has 0 amide bonds. The molecule has 0 radical (unpaired) electrons. The standard InChI is InChI=1S/C13H10O5S/c1-3-11(14)17-9-5-8(13(16)19)6-10(7-9)18-12(15)4-2/h3-7H,1-2H2,(H,16,19). The first kappa shape index (κ1) is 14.7. The van der Waals surface area contributed by atoms with Gasteiger partial charge in [0, 0.05) is 23.8 Å². The van der Waals surface area contributed by atoms with Crippen molar-refractivity contribution in [2.24, 2.45) is 0 Å². The molecular formula is C13H10O5S. The van der Waals surface area contributed by atoms with Crippen molar-refractivity contribution in [1.82, 2.24) is 0 Å². The lowest BCUT2D eigenvalue weighted by Gasteiger charge is -2.07. The Morgan fingerprint density at radius 2 is 1.37 bits per heavy atom. The lowest BCUT2D eigenvalue weighted by molar-refractivity contribution is -0.129. The van der Waals surface area contributed by atoms with Crippen LogP contribution in [-0.4, -0.2) is 17.1 Å². The van der Waals surface area contributed by atoms with Gasteiger partial charge < -0.3 is 9.47 Å². The number of esters is 2. The van der Waals surface area contributed by atoms with Crippen molar-refractivity contribution in [2.45, 2.75) is 0 Å². The molecule has 0 aliphatic heterocycles. The van der Waals surface area contributed by atoms with E-state index < -0.39 is 17.1 Å². The van der Waals surface area contributed by atoms with E-state index in [1.807, 2.05) is 0 Å². The summed E-state index contributed by atoms with van der Waals surface area (Å²) in [5.41, 5.74) is 0.115. The molecule has 0 spiro atoms. The van der Waals surface area contributed by atoms with Crippen molar-refractivity contribution < 1.29 is 23.9 Å². The fraction of sp³-hybridized carbons (Fsp3) is 0. The summed E-state index contributed by atoms with van der Waals surface area (Å²) in [6, 6.07) is 3.87. The first-order chi connectivity index (χ1) is 8.96. The van der Waals surface area contributed by atoms with Gasteiger partial charge in [0.25, 0.3) is 0 Å². The maximum atomic E-state index is 11.2. The number of thiol groups is 1. The number of carbonyl (C=O) groups is 3. The van der Waals surface area contributed by atoms with E-state index in [2.05, 4.69) is 25.8 Å². The molecular weight excluding hydrogens is 268 g/mol. The lowest BCUT2D eigenvalue weighted by Crippen LogP contribution is -2.07. The summed E-state index contributed by atoms with van der Waals surface area (Å²) >= 11 is 3.65. The van der Waals surface area contributed by atoms with Crippen LogP contribution >= 0.6 is 12.6 Å². The van der Waals surface area contributed by atoms with Gasteiger partial charge in [-0.15, -0.1) is 12.6 Å². The number of ether oxygens (including phenoxy) is 2. The third kappa shape index (κ3) is 4.44. The number of carbonyl (C=O) groups excluding carboxylic acids is 3. The second kappa shape index (κ2) is 6.55. The Labute approximate surface area is 114 Å². The fourth-order valence-electron chi connectivity index (χ4n) is 1.13. The number of hydrogen-bond donors (Lipinski definition) is 1. The summed E-state index contributed by atoms with van der Waals surface area (Å²) in [4.78, 5) is 33.4. The molecule has 0 heterocycles. The predicted molar refractivity (Wildman–Crippen MR) is 71.4 cm³/mol. The Bertz CT molecular complexity index is 522. The Balaban J connectivity index is 3.13. The van der Waals surface area contributed by atoms with Crippen LogP contribution < -0.4 is 9.47 Å². The van der Waals surface area contributed by atoms with E-state index in [1.54, 1.807) is 0 Å². The van der Waals surface area contributed by atoms with Gasteiger partial charge in [0.1, 0.15) is 11.5 Å². The highest BCUT2D eigenvalue weighted by atomic mass is 32.1. The zero-order valence-electron chi connectivity index (χ0n) is 9.79. The molecule has 6 heteroatoms. The van der Waals surface area contributed by atoms with Gasteiger partial charge in [-0.3, -0.25) is 4.79 Å². The molecule has 5 nitrogen and oxygen atoms in total. The number of hydrogen-bond acceptors (Lipinski definition) is 5. The van der Waals surface area contributed by atoms with Gasteiger partial charge in [-0.25, -0.2) is 9.59 Å². The van der Waals surface area contributed by atoms with Crippen LogP contribution in [0, 0.1) is 0 Å². The van der Waals surface area contributed by atoms with Crippen LogP contribution in [0.1, 0.15) is 10.4 Å². The molecule has 1 aromatic carbocycles. The maximum Gasteiger partial charge on any atom is 0.335 e. The molecule has 0 atom stereocenters. The molecule has 0 fully saturated rings. The lowest BCUT2D eigenvalue weighted by atomic mass is 10.2. The molecule has 0 unspecified atom stereocenters. The Morgan fingerprint density at radius 1 is 0.947 bits per heavy atom. The summed E-state index contributed by atoms with van der Waals surface area (Å²) in [6.07, 6.45) is 1.93. The van der Waals surface area contributed by atoms with Gasteiger partial charge in [-0.2, -0.15) is 0 Å². The Morgan fingerprint density at radius 3 is 1.68 bits per heavy atom. The van der Waals surface area contributed by atoms with Gasteiger partial charge in [-0.05, 0) is 12.1 Å². The van der Waals surface area contributed by atoms with Crippen LogP contribution in [0.25, 0.3) is 0 Å². The minimum Gasteiger partial charge on any atom is -0.423 e. The van der Waals surface area contributed by atoms with Crippen LogP contribution in [-0.2, 0) is 9.59 Å². The van der Waals surface area contributed by atoms with Crippen molar-refractivity contribution in [2.75, 3.05) is 0 Å². The van der Waals surface area contributed by atoms with Crippen molar-refractivity contribution in [3.8, 4) is 11.5 Å². The molecule has 0 N–H and O–H groups in total. The van der Waals surface area contributed by atoms with E-state index in [-0.39, 0.29) is 17.1 Å². The molecule has 0 saturated carbocycles. The zero-order chi connectivity index (χ0) is 14.4. The Kier molecular flexibility index (Phi) is 5.08. The fourth-order valence-corrected chi connectivity index (χ4v) is 1.26. The van der Waals surface area contributed by atoms with Crippen molar-refractivity contribution in [1.29, 1.82) is 0 Å². The van der Waals surface area contributed by atoms with Crippen LogP contribution in [0.15, 0.2) is 43.5 Å². The Hall–Kier alpha value is -2.34. The summed E-state index contributed by atoms with van der Waals surface area (Å²) < 4.78 is 9.70. The first-order valence-electron chi connectivity index (χ1n) is 5.03. The molecule has 0 saturated heterocycles. The summed E-state index contributed by atoms with van der Waals surface area (Å²) in [6.45, 7) is 6.49. The second-order valence-electron chi connectivity index (χ2n) is 3.25. The maximum absolute atomic E-state index is 11.2. The third-order valence-electron chi connectivity index (χ3n) is 1.90. The van der Waals surface area contributed by atoms with Crippen LogP contribution in [0.3, 0.4) is 0 Å². The third-order valence-corrected chi connectivity index (χ3v) is 2.16. The highest BCUT2D eigenvalue weighted by Gasteiger charge is 2.10. The smallest absolute Gasteiger partial charge is 0.335 e. The molecule has 19 heavy (non-hydrogen) atoms. The topological polar surface area (TPSA) is 69.7 Å². The average molecular weight is 278 g/mol. The summed E-state index contributed by atoms with van der Waals surface area (Å²) in [7, 11) is 0. The summed E-state index contributed by atoms with van der Waals surface area (Å²) in [5, 5.41) is -0.563. The molecule has 0 aliphatic carbocycles. The second-order valence-corrected chi connectivity index (χ2v) is 3.65. The van der Waals surface area contributed by atoms with Crippen LogP contribution in [0.5, 0.6) is 11.5 Å². The minimum atomic E-state index is -0.704. The van der Waals surface area contributed by atoms with E-state index >= 15 is 0 Å². The van der Waals surface area contributed by atoms with Crippen molar-refractivity contribution in [3.05, 3.63) is 49.1 Å². The molecule has 0 bridgehead atoms. The molecule has 1 rings (SSSR count). The highest BCUT2D eigenvalue weighted by Crippen LogP contribution is 2.24. The van der Waals surface area contributed by atoms with E-state index in [9.17, 15) is 14.4 Å². The monoisotopic (exact) mass is 278 g/mol. The molecule has 0 aromatic heterocycles. The van der Waals surface area contributed by atoms with Gasteiger partial charge in [0.15, 0.2) is 0 Å². The van der Waals surface area contributed by atoms with Crippen LogP contribution in [0.4, 0.5) is 0 Å². The minimum absolute atomic E-state index is 0.0386. The van der Waals surface area contributed by atoms with E-state index in [4.69, 9.17) is 9.47 Å². The molecule has 98 valence electrons. The summed E-state index contributed by atoms with van der Waals surface area (Å²) in [5.74, 6) is -1.33. The number of rotatable bonds is 5. The van der Waals surface area contributed by atoms with Crippen molar-refractivity contribution >= 4 is 29.7 Å². The SMILES string of the molecule is C=CC(=O)Oc1cc(OC(=O)C=C)cc(C(=O)S)c1. The predicted octanol–water partition coefficient (Wildman–Crippen LogP) is 1.94. The van der Waals surface area contributed by atoms with E-state index in [0.717, 1.165) is 12.2 Å².